The lowest BCUT2D eigenvalue weighted by Gasteiger charge is -2.37. The summed E-state index contributed by atoms with van der Waals surface area (Å²) >= 11 is 0. The van der Waals surface area contributed by atoms with E-state index in [1.807, 2.05) is 31.2 Å². The number of amides is 2. The van der Waals surface area contributed by atoms with E-state index in [0.717, 1.165) is 11.1 Å². The van der Waals surface area contributed by atoms with Crippen molar-refractivity contribution in [2.75, 3.05) is 13.6 Å². The maximum absolute atomic E-state index is 12.5. The van der Waals surface area contributed by atoms with Crippen LogP contribution in [0.1, 0.15) is 31.9 Å². The summed E-state index contributed by atoms with van der Waals surface area (Å²) in [6, 6.07) is 7.64. The fraction of sp³-hybridized carbons (Fsp3) is 0.500. The van der Waals surface area contributed by atoms with Crippen LogP contribution in [0.3, 0.4) is 0 Å². The molecular formula is C16H24N2O3. The molecule has 0 spiro atoms. The van der Waals surface area contributed by atoms with Crippen molar-refractivity contribution in [2.45, 2.75) is 39.8 Å². The first-order valence-electron chi connectivity index (χ1n) is 7.01. The van der Waals surface area contributed by atoms with Crippen LogP contribution in [0.25, 0.3) is 0 Å². The number of nitrogens with zero attached hydrogens (tertiary/aromatic N) is 2. The van der Waals surface area contributed by atoms with Gasteiger partial charge in [-0.3, -0.25) is 0 Å². The fourth-order valence-electron chi connectivity index (χ4n) is 2.13. The Morgan fingerprint density at radius 1 is 1.19 bits per heavy atom. The number of aliphatic carboxylic acids is 1. The van der Waals surface area contributed by atoms with E-state index in [1.165, 1.54) is 18.7 Å². The van der Waals surface area contributed by atoms with E-state index in [9.17, 15) is 14.7 Å². The first-order valence-corrected chi connectivity index (χ1v) is 7.01. The van der Waals surface area contributed by atoms with Gasteiger partial charge in [-0.2, -0.15) is 0 Å². The van der Waals surface area contributed by atoms with Gasteiger partial charge in [0.2, 0.25) is 0 Å². The van der Waals surface area contributed by atoms with Crippen molar-refractivity contribution in [1.82, 2.24) is 9.80 Å². The van der Waals surface area contributed by atoms with Crippen LogP contribution in [0.5, 0.6) is 0 Å². The van der Waals surface area contributed by atoms with Gasteiger partial charge in [0, 0.05) is 20.1 Å². The summed E-state index contributed by atoms with van der Waals surface area (Å²) < 4.78 is 0. The average Bonchev–Trinajstić information content (AvgIpc) is 2.41. The van der Waals surface area contributed by atoms with Crippen LogP contribution in [0, 0.1) is 6.92 Å². The standard InChI is InChI=1S/C16H24N2O3/c1-6-18(16(3,4)14(19)20)15(21)17(5)11-13-9-7-12(2)8-10-13/h7-10H,6,11H2,1-5H3,(H,19,20). The molecule has 0 fully saturated rings. The Morgan fingerprint density at radius 3 is 2.14 bits per heavy atom. The van der Waals surface area contributed by atoms with Gasteiger partial charge < -0.3 is 14.9 Å². The predicted octanol–water partition coefficient (Wildman–Crippen LogP) is 2.73. The number of carboxylic acid groups (broad SMARTS) is 1. The van der Waals surface area contributed by atoms with E-state index < -0.39 is 11.5 Å². The Labute approximate surface area is 126 Å². The summed E-state index contributed by atoms with van der Waals surface area (Å²) in [5.41, 5.74) is 0.948. The molecular weight excluding hydrogens is 268 g/mol. The maximum Gasteiger partial charge on any atom is 0.329 e. The van der Waals surface area contributed by atoms with Gasteiger partial charge in [-0.05, 0) is 33.3 Å². The highest BCUT2D eigenvalue weighted by atomic mass is 16.4. The third-order valence-corrected chi connectivity index (χ3v) is 3.61. The van der Waals surface area contributed by atoms with Gasteiger partial charge in [-0.1, -0.05) is 29.8 Å². The van der Waals surface area contributed by atoms with Crippen molar-refractivity contribution < 1.29 is 14.7 Å². The number of urea groups is 1. The maximum atomic E-state index is 12.5. The fourth-order valence-corrected chi connectivity index (χ4v) is 2.13. The number of likely N-dealkylation sites (N-methyl/N-ethyl adjacent to an activating group) is 1. The summed E-state index contributed by atoms with van der Waals surface area (Å²) in [6.07, 6.45) is 0. The minimum Gasteiger partial charge on any atom is -0.480 e. The number of rotatable bonds is 5. The minimum absolute atomic E-state index is 0.287. The topological polar surface area (TPSA) is 60.9 Å². The molecule has 0 aliphatic heterocycles. The molecule has 21 heavy (non-hydrogen) atoms. The molecule has 5 nitrogen and oxygen atoms in total. The molecule has 5 heteroatoms. The predicted molar refractivity (Wildman–Crippen MR) is 82.1 cm³/mol. The van der Waals surface area contributed by atoms with Crippen LogP contribution >= 0.6 is 0 Å². The molecule has 0 atom stereocenters. The Bertz CT molecular complexity index is 509. The molecule has 116 valence electrons. The summed E-state index contributed by atoms with van der Waals surface area (Å²) in [7, 11) is 1.68. The molecule has 0 aromatic heterocycles. The third-order valence-electron chi connectivity index (χ3n) is 3.61. The molecule has 0 saturated heterocycles. The van der Waals surface area contributed by atoms with Gasteiger partial charge in [0.05, 0.1) is 0 Å². The number of carbonyl (C=O) groups is 2. The van der Waals surface area contributed by atoms with E-state index in [1.54, 1.807) is 18.9 Å². The van der Waals surface area contributed by atoms with Gasteiger partial charge in [-0.15, -0.1) is 0 Å². The normalized spacial score (nSPS) is 11.1. The molecule has 0 bridgehead atoms. The molecule has 0 unspecified atom stereocenters. The average molecular weight is 292 g/mol. The molecule has 1 aromatic rings. The molecule has 0 aliphatic rings. The van der Waals surface area contributed by atoms with Crippen LogP contribution < -0.4 is 0 Å². The summed E-state index contributed by atoms with van der Waals surface area (Å²) in [5, 5.41) is 9.28. The molecule has 0 saturated carbocycles. The first-order chi connectivity index (χ1) is 9.70. The second-order valence-corrected chi connectivity index (χ2v) is 5.73. The summed E-state index contributed by atoms with van der Waals surface area (Å²) in [4.78, 5) is 26.7. The van der Waals surface area contributed by atoms with Gasteiger partial charge in [0.1, 0.15) is 5.54 Å². The van der Waals surface area contributed by atoms with E-state index in [2.05, 4.69) is 0 Å². The Morgan fingerprint density at radius 2 is 1.71 bits per heavy atom. The van der Waals surface area contributed by atoms with Crippen LogP contribution in [0.2, 0.25) is 0 Å². The van der Waals surface area contributed by atoms with E-state index in [-0.39, 0.29) is 6.03 Å². The minimum atomic E-state index is -1.23. The summed E-state index contributed by atoms with van der Waals surface area (Å²) in [6.45, 7) is 7.66. The molecule has 0 aliphatic carbocycles. The lowest BCUT2D eigenvalue weighted by molar-refractivity contribution is -0.147. The summed E-state index contributed by atoms with van der Waals surface area (Å²) in [5.74, 6) is -1.01. The van der Waals surface area contributed by atoms with E-state index in [0.29, 0.717) is 13.1 Å². The van der Waals surface area contributed by atoms with Crippen LogP contribution in [0.15, 0.2) is 24.3 Å². The first kappa shape index (κ1) is 17.0. The quantitative estimate of drug-likeness (QED) is 0.907. The zero-order valence-electron chi connectivity index (χ0n) is 13.4. The number of hydrogen-bond acceptors (Lipinski definition) is 2. The van der Waals surface area contributed by atoms with Crippen molar-refractivity contribution in [3.8, 4) is 0 Å². The van der Waals surface area contributed by atoms with Crippen molar-refractivity contribution in [1.29, 1.82) is 0 Å². The SMILES string of the molecule is CCN(C(=O)N(C)Cc1ccc(C)cc1)C(C)(C)C(=O)O. The molecule has 0 radical (unpaired) electrons. The number of benzene rings is 1. The van der Waals surface area contributed by atoms with Gasteiger partial charge in [0.25, 0.3) is 0 Å². The van der Waals surface area contributed by atoms with Crippen molar-refractivity contribution in [2.24, 2.45) is 0 Å². The lowest BCUT2D eigenvalue weighted by atomic mass is 10.0. The zero-order valence-corrected chi connectivity index (χ0v) is 13.4. The Balaban J connectivity index is 2.85. The number of hydrogen-bond donors (Lipinski definition) is 1. The lowest BCUT2D eigenvalue weighted by Crippen LogP contribution is -2.56. The highest BCUT2D eigenvalue weighted by Gasteiger charge is 2.38. The van der Waals surface area contributed by atoms with Gasteiger partial charge >= 0.3 is 12.0 Å². The molecule has 1 aromatic carbocycles. The van der Waals surface area contributed by atoms with Crippen molar-refractivity contribution in [3.63, 3.8) is 0 Å². The van der Waals surface area contributed by atoms with Gasteiger partial charge in [-0.25, -0.2) is 9.59 Å². The van der Waals surface area contributed by atoms with Crippen molar-refractivity contribution in [3.05, 3.63) is 35.4 Å². The second-order valence-electron chi connectivity index (χ2n) is 5.73. The van der Waals surface area contributed by atoms with Gasteiger partial charge in [0.15, 0.2) is 0 Å². The Kier molecular flexibility index (Phi) is 5.35. The van der Waals surface area contributed by atoms with Crippen LogP contribution in [0.4, 0.5) is 4.79 Å². The molecule has 0 heterocycles. The number of carbonyl (C=O) groups excluding carboxylic acids is 1. The molecule has 1 rings (SSSR count). The van der Waals surface area contributed by atoms with Crippen LogP contribution in [-0.2, 0) is 11.3 Å². The highest BCUT2D eigenvalue weighted by Crippen LogP contribution is 2.17. The highest BCUT2D eigenvalue weighted by molar-refractivity contribution is 5.85. The smallest absolute Gasteiger partial charge is 0.329 e. The third kappa shape index (κ3) is 3.97. The largest absolute Gasteiger partial charge is 0.480 e. The zero-order chi connectivity index (χ0) is 16.2. The number of aryl methyl sites for hydroxylation is 1. The Hall–Kier alpha value is -2.04. The number of carboxylic acids is 1. The second kappa shape index (κ2) is 6.61. The molecule has 2 amide bonds. The molecule has 1 N–H and O–H groups in total. The monoisotopic (exact) mass is 292 g/mol. The van der Waals surface area contributed by atoms with Crippen molar-refractivity contribution >= 4 is 12.0 Å². The van der Waals surface area contributed by atoms with Crippen LogP contribution in [-0.4, -0.2) is 46.0 Å². The van der Waals surface area contributed by atoms with E-state index >= 15 is 0 Å². The van der Waals surface area contributed by atoms with E-state index in [4.69, 9.17) is 0 Å².